The van der Waals surface area contributed by atoms with Gasteiger partial charge in [-0.1, -0.05) is 59.8 Å². The van der Waals surface area contributed by atoms with Crippen LogP contribution in [0.5, 0.6) is 0 Å². The smallest absolute Gasteiger partial charge is 0.227 e. The van der Waals surface area contributed by atoms with Gasteiger partial charge in [0.1, 0.15) is 7.05 Å². The van der Waals surface area contributed by atoms with Crippen LogP contribution in [-0.2, 0) is 24.3 Å². The molecule has 2 aliphatic carbocycles. The molecule has 0 atom stereocenters. The molecule has 0 radical (unpaired) electrons. The molecule has 6 rings (SSSR count). The largest absolute Gasteiger partial charge is 0.437 e. The fourth-order valence-corrected chi connectivity index (χ4v) is 7.06. The molecule has 1 saturated carbocycles. The summed E-state index contributed by atoms with van der Waals surface area (Å²) in [5.41, 5.74) is 8.51. The Morgan fingerprint density at radius 2 is 1.78 bits per heavy atom. The summed E-state index contributed by atoms with van der Waals surface area (Å²) in [4.78, 5) is 4.62. The monoisotopic (exact) mass is 483 g/mol. The zero-order valence-corrected chi connectivity index (χ0v) is 22.8. The lowest BCUT2D eigenvalue weighted by Crippen LogP contribution is -2.36. The fraction of sp³-hybridized carbons (Fsp3) is 0.515. The van der Waals surface area contributed by atoms with E-state index < -0.39 is 6.37 Å². The van der Waals surface area contributed by atoms with Gasteiger partial charge in [0.25, 0.3) is 0 Å². The van der Waals surface area contributed by atoms with Gasteiger partial charge in [-0.25, -0.2) is 9.55 Å². The van der Waals surface area contributed by atoms with Gasteiger partial charge in [-0.2, -0.15) is 0 Å². The summed E-state index contributed by atoms with van der Waals surface area (Å²) >= 11 is 0. The maximum atomic E-state index is 9.19. The van der Waals surface area contributed by atoms with Gasteiger partial charge in [-0.15, -0.1) is 0 Å². The number of rotatable bonds is 3. The summed E-state index contributed by atoms with van der Waals surface area (Å²) in [6.07, 6.45) is 10.1. The predicted octanol–water partition coefficient (Wildman–Crippen LogP) is 8.25. The molecule has 0 aliphatic heterocycles. The summed E-state index contributed by atoms with van der Waals surface area (Å²) in [7, 11) is 2.07. The topological polar surface area (TPSA) is 29.9 Å². The minimum absolute atomic E-state index is 0.0154. The minimum atomic E-state index is -1.36. The van der Waals surface area contributed by atoms with Crippen LogP contribution < -0.4 is 4.57 Å². The van der Waals surface area contributed by atoms with E-state index in [2.05, 4.69) is 63.4 Å². The van der Waals surface area contributed by atoms with E-state index in [0.29, 0.717) is 5.71 Å². The van der Waals surface area contributed by atoms with E-state index in [-0.39, 0.29) is 16.7 Å². The summed E-state index contributed by atoms with van der Waals surface area (Å²) in [6.45, 7) is 11.7. The van der Waals surface area contributed by atoms with Crippen molar-refractivity contribution in [1.82, 2.24) is 4.98 Å². The molecule has 0 unspecified atom stereocenters. The van der Waals surface area contributed by atoms with Gasteiger partial charge < -0.3 is 4.42 Å². The quantitative estimate of drug-likeness (QED) is 0.275. The second-order valence-corrected chi connectivity index (χ2v) is 12.6. The van der Waals surface area contributed by atoms with E-state index in [1.165, 1.54) is 28.5 Å². The molecular formula is C33H41N2O+. The van der Waals surface area contributed by atoms with Crippen LogP contribution in [-0.4, -0.2) is 4.98 Å². The van der Waals surface area contributed by atoms with Gasteiger partial charge in [0.2, 0.25) is 11.4 Å². The van der Waals surface area contributed by atoms with Gasteiger partial charge in [0.15, 0.2) is 11.8 Å². The molecule has 36 heavy (non-hydrogen) atoms. The Labute approximate surface area is 218 Å². The van der Waals surface area contributed by atoms with Gasteiger partial charge in [0, 0.05) is 31.8 Å². The summed E-state index contributed by atoms with van der Waals surface area (Å²) in [5, 5.41) is 2.25. The SMILES string of the molecule is [2H]C([2H])(c1cc[n+](C)c(-c2c(C)c3c(c4c2oc2ncccc24)C(C)(C)CCC3(C)C)c1)C1CCCCC1. The van der Waals surface area contributed by atoms with Crippen LogP contribution in [0.2, 0.25) is 0 Å². The van der Waals surface area contributed by atoms with E-state index in [0.717, 1.165) is 66.3 Å². The lowest BCUT2D eigenvalue weighted by Gasteiger charge is -2.43. The highest BCUT2D eigenvalue weighted by molar-refractivity contribution is 6.12. The molecule has 3 heteroatoms. The third kappa shape index (κ3) is 3.69. The molecule has 2 aliphatic rings. The molecule has 3 nitrogen and oxygen atoms in total. The maximum Gasteiger partial charge on any atom is 0.227 e. The van der Waals surface area contributed by atoms with Crippen molar-refractivity contribution in [3.05, 3.63) is 58.9 Å². The van der Waals surface area contributed by atoms with E-state index in [4.69, 9.17) is 4.42 Å². The third-order valence-corrected chi connectivity index (χ3v) is 9.05. The number of pyridine rings is 2. The number of aromatic nitrogens is 2. The summed E-state index contributed by atoms with van der Waals surface area (Å²) < 4.78 is 27.1. The Morgan fingerprint density at radius 1 is 1.06 bits per heavy atom. The number of hydrogen-bond donors (Lipinski definition) is 0. The number of furan rings is 1. The first-order valence-electron chi connectivity index (χ1n) is 14.8. The fourth-order valence-electron chi connectivity index (χ4n) is 7.06. The van der Waals surface area contributed by atoms with E-state index in [1.54, 1.807) is 6.20 Å². The molecule has 3 heterocycles. The Bertz CT molecular complexity index is 1560. The minimum Gasteiger partial charge on any atom is -0.437 e. The Balaban J connectivity index is 1.69. The van der Waals surface area contributed by atoms with Crippen molar-refractivity contribution in [3.8, 4) is 11.3 Å². The molecule has 0 N–H and O–H groups in total. The van der Waals surface area contributed by atoms with Gasteiger partial charge >= 0.3 is 0 Å². The zero-order valence-electron chi connectivity index (χ0n) is 24.8. The van der Waals surface area contributed by atoms with Crippen molar-refractivity contribution in [3.63, 3.8) is 0 Å². The van der Waals surface area contributed by atoms with Crippen LogP contribution in [0.15, 0.2) is 41.1 Å². The number of fused-ring (bicyclic) bond motifs is 5. The molecule has 1 aromatic carbocycles. The van der Waals surface area contributed by atoms with Crippen LogP contribution in [0.1, 0.15) is 97.6 Å². The van der Waals surface area contributed by atoms with Crippen LogP contribution in [0.3, 0.4) is 0 Å². The molecule has 188 valence electrons. The second-order valence-electron chi connectivity index (χ2n) is 12.6. The highest BCUT2D eigenvalue weighted by Crippen LogP contribution is 2.54. The lowest BCUT2D eigenvalue weighted by molar-refractivity contribution is -0.660. The van der Waals surface area contributed by atoms with Crippen molar-refractivity contribution in [1.29, 1.82) is 0 Å². The first-order valence-corrected chi connectivity index (χ1v) is 13.8. The zero-order chi connectivity index (χ0) is 27.0. The molecule has 0 spiro atoms. The van der Waals surface area contributed by atoms with Crippen LogP contribution in [0.25, 0.3) is 33.3 Å². The Hall–Kier alpha value is -2.68. The molecule has 0 saturated heterocycles. The molecular weight excluding hydrogens is 440 g/mol. The summed E-state index contributed by atoms with van der Waals surface area (Å²) in [6, 6.07) is 8.23. The van der Waals surface area contributed by atoms with Crippen molar-refractivity contribution in [2.75, 3.05) is 0 Å². The maximum absolute atomic E-state index is 9.19. The highest BCUT2D eigenvalue weighted by Gasteiger charge is 2.42. The molecule has 0 amide bonds. The predicted molar refractivity (Wildman–Crippen MR) is 148 cm³/mol. The molecule has 0 bridgehead atoms. The van der Waals surface area contributed by atoms with Crippen LogP contribution >= 0.6 is 0 Å². The summed E-state index contributed by atoms with van der Waals surface area (Å²) in [5.74, 6) is 0.0663. The number of benzene rings is 1. The first kappa shape index (κ1) is 21.4. The van der Waals surface area contributed by atoms with Crippen molar-refractivity contribution in [2.45, 2.75) is 96.8 Å². The number of hydrogen-bond acceptors (Lipinski definition) is 2. The number of nitrogens with zero attached hydrogens (tertiary/aromatic N) is 2. The average molecular weight is 484 g/mol. The van der Waals surface area contributed by atoms with Gasteiger partial charge in [0.05, 0.1) is 5.56 Å². The van der Waals surface area contributed by atoms with E-state index in [1.807, 2.05) is 18.3 Å². The molecule has 1 fully saturated rings. The Morgan fingerprint density at radius 3 is 2.53 bits per heavy atom. The first-order chi connectivity index (χ1) is 17.9. The average Bonchev–Trinajstić information content (AvgIpc) is 3.26. The van der Waals surface area contributed by atoms with Crippen LogP contribution in [0.4, 0.5) is 0 Å². The standard InChI is InChI=1S/C33H41N2O/c1-21-26(25-20-23(14-18-35(25)6)19-22-11-8-7-9-12-22)30-27(24-13-10-17-34-31(24)36-30)29-28(21)32(2,3)15-16-33(29,4)5/h10,13-14,17-18,20,22H,7-9,11-12,15-16,19H2,1-6H3/q+1/i19D2. The van der Waals surface area contributed by atoms with Crippen LogP contribution in [0, 0.1) is 12.8 Å². The molecule has 3 aromatic heterocycles. The Kier molecular flexibility index (Phi) is 5.01. The van der Waals surface area contributed by atoms with E-state index in [9.17, 15) is 2.74 Å². The lowest BCUT2D eigenvalue weighted by atomic mass is 9.60. The van der Waals surface area contributed by atoms with Gasteiger partial charge in [-0.3, -0.25) is 0 Å². The van der Waals surface area contributed by atoms with Crippen molar-refractivity contribution >= 4 is 22.1 Å². The third-order valence-electron chi connectivity index (χ3n) is 9.05. The van der Waals surface area contributed by atoms with Crippen molar-refractivity contribution in [2.24, 2.45) is 13.0 Å². The van der Waals surface area contributed by atoms with E-state index >= 15 is 0 Å². The number of aryl methyl sites for hydroxylation is 1. The van der Waals surface area contributed by atoms with Crippen molar-refractivity contribution < 1.29 is 11.7 Å². The molecule has 4 aromatic rings. The second kappa shape index (κ2) is 8.43. The van der Waals surface area contributed by atoms with Gasteiger partial charge in [-0.05, 0) is 77.3 Å². The highest BCUT2D eigenvalue weighted by atomic mass is 16.3. The normalized spacial score (nSPS) is 20.8.